The molecular weight excluding hydrogens is 292 g/mol. The quantitative estimate of drug-likeness (QED) is 0.825. The lowest BCUT2D eigenvalue weighted by Gasteiger charge is -2.05. The molecule has 0 aliphatic rings. The number of carbonyl (C=O) groups excluding carboxylic acids is 2. The van der Waals surface area contributed by atoms with Gasteiger partial charge >= 0.3 is 5.97 Å². The molecule has 0 aromatic carbocycles. The number of hydrogen-bond acceptors (Lipinski definition) is 6. The van der Waals surface area contributed by atoms with Gasteiger partial charge in [0, 0.05) is 6.42 Å². The summed E-state index contributed by atoms with van der Waals surface area (Å²) in [4.78, 5) is 28.3. The van der Waals surface area contributed by atoms with Crippen LogP contribution < -0.4 is 5.32 Å². The van der Waals surface area contributed by atoms with Crippen LogP contribution in [0.25, 0.3) is 0 Å². The number of anilines is 1. The van der Waals surface area contributed by atoms with E-state index in [1.54, 1.807) is 12.3 Å². The fourth-order valence-electron chi connectivity index (χ4n) is 1.76. The number of carbonyl (C=O) groups is 2. The van der Waals surface area contributed by atoms with Crippen LogP contribution in [0.3, 0.4) is 0 Å². The normalized spacial score (nSPS) is 10.4. The van der Waals surface area contributed by atoms with E-state index in [0.29, 0.717) is 16.4 Å². The molecule has 2 aromatic rings. The highest BCUT2D eigenvalue weighted by Gasteiger charge is 2.21. The molecule has 0 saturated heterocycles. The first-order valence-electron chi connectivity index (χ1n) is 6.45. The highest BCUT2D eigenvalue weighted by Crippen LogP contribution is 2.28. The maximum atomic E-state index is 12.1. The summed E-state index contributed by atoms with van der Waals surface area (Å²) in [5, 5.41) is 11.0. The van der Waals surface area contributed by atoms with E-state index in [-0.39, 0.29) is 5.82 Å². The highest BCUT2D eigenvalue weighted by atomic mass is 32.1. The minimum absolute atomic E-state index is 0.0554. The summed E-state index contributed by atoms with van der Waals surface area (Å²) in [5.74, 6) is -0.219. The van der Waals surface area contributed by atoms with Crippen LogP contribution in [0.4, 0.5) is 5.69 Å². The lowest BCUT2D eigenvalue weighted by atomic mass is 10.2. The molecule has 8 heteroatoms. The van der Waals surface area contributed by atoms with Crippen LogP contribution in [-0.4, -0.2) is 34.2 Å². The second-order valence-electron chi connectivity index (χ2n) is 4.42. The Bertz CT molecular complexity index is 662. The van der Waals surface area contributed by atoms with Gasteiger partial charge in [-0.3, -0.25) is 9.89 Å². The lowest BCUT2D eigenvalue weighted by Crippen LogP contribution is -2.16. The van der Waals surface area contributed by atoms with Gasteiger partial charge in [-0.05, 0) is 24.3 Å². The molecule has 0 radical (unpaired) electrons. The standard InChI is InChI=1S/C13H16N4O3S/c1-4-5-8-14-11(17-16-8)12(18)15-9-7(2)6-21-10(9)13(19)20-3/h6H,4-5H2,1-3H3,(H,15,18)(H,14,16,17). The number of aryl methyl sites for hydroxylation is 2. The van der Waals surface area contributed by atoms with Crippen molar-refractivity contribution in [2.24, 2.45) is 0 Å². The van der Waals surface area contributed by atoms with Crippen molar-refractivity contribution in [2.45, 2.75) is 26.7 Å². The molecule has 0 aliphatic heterocycles. The number of ether oxygens (including phenoxy) is 1. The first kappa shape index (κ1) is 15.2. The molecule has 0 bridgehead atoms. The number of aromatic nitrogens is 3. The van der Waals surface area contributed by atoms with E-state index in [0.717, 1.165) is 18.4 Å². The minimum atomic E-state index is -0.481. The largest absolute Gasteiger partial charge is 0.465 e. The third kappa shape index (κ3) is 3.27. The Morgan fingerprint density at radius 2 is 2.24 bits per heavy atom. The molecule has 0 saturated carbocycles. The van der Waals surface area contributed by atoms with Gasteiger partial charge in [-0.2, -0.15) is 0 Å². The monoisotopic (exact) mass is 308 g/mol. The molecule has 2 aromatic heterocycles. The van der Waals surface area contributed by atoms with E-state index in [4.69, 9.17) is 4.74 Å². The summed E-state index contributed by atoms with van der Waals surface area (Å²) in [6.07, 6.45) is 1.64. The van der Waals surface area contributed by atoms with Crippen molar-refractivity contribution >= 4 is 28.9 Å². The van der Waals surface area contributed by atoms with E-state index in [9.17, 15) is 9.59 Å². The SMILES string of the molecule is CCCc1nc(C(=O)Nc2c(C)csc2C(=O)OC)n[nH]1. The summed E-state index contributed by atoms with van der Waals surface area (Å²) in [5.41, 5.74) is 1.23. The second kappa shape index (κ2) is 6.49. The maximum absolute atomic E-state index is 12.1. The first-order valence-corrected chi connectivity index (χ1v) is 7.33. The van der Waals surface area contributed by atoms with Gasteiger partial charge in [0.05, 0.1) is 12.8 Å². The molecule has 1 amide bonds. The second-order valence-corrected chi connectivity index (χ2v) is 5.30. The Balaban J connectivity index is 2.19. The zero-order valence-corrected chi connectivity index (χ0v) is 12.8. The van der Waals surface area contributed by atoms with Gasteiger partial charge in [0.15, 0.2) is 0 Å². The predicted octanol–water partition coefficient (Wildman–Crippen LogP) is 2.17. The fourth-order valence-corrected chi connectivity index (χ4v) is 2.68. The number of nitrogens with one attached hydrogen (secondary N) is 2. The molecule has 0 spiro atoms. The Labute approximate surface area is 125 Å². The summed E-state index contributed by atoms with van der Waals surface area (Å²) in [6, 6.07) is 0. The summed E-state index contributed by atoms with van der Waals surface area (Å²) in [7, 11) is 1.30. The number of thiophene rings is 1. The molecule has 7 nitrogen and oxygen atoms in total. The van der Waals surface area contributed by atoms with Gasteiger partial charge in [0.25, 0.3) is 5.91 Å². The number of H-pyrrole nitrogens is 1. The zero-order chi connectivity index (χ0) is 15.4. The van der Waals surface area contributed by atoms with Crippen LogP contribution in [0.15, 0.2) is 5.38 Å². The van der Waals surface area contributed by atoms with Crippen molar-refractivity contribution in [3.05, 3.63) is 27.5 Å². The molecule has 0 atom stereocenters. The Morgan fingerprint density at radius 3 is 2.90 bits per heavy atom. The molecule has 2 heterocycles. The van der Waals surface area contributed by atoms with E-state index >= 15 is 0 Å². The van der Waals surface area contributed by atoms with Gasteiger partial charge in [-0.25, -0.2) is 9.78 Å². The van der Waals surface area contributed by atoms with Crippen LogP contribution in [0.5, 0.6) is 0 Å². The average molecular weight is 308 g/mol. The average Bonchev–Trinajstić information content (AvgIpc) is 3.07. The van der Waals surface area contributed by atoms with Gasteiger partial charge in [-0.1, -0.05) is 6.92 Å². The molecule has 2 rings (SSSR count). The molecule has 112 valence electrons. The van der Waals surface area contributed by atoms with Gasteiger partial charge < -0.3 is 10.1 Å². The number of nitrogens with zero attached hydrogens (tertiary/aromatic N) is 2. The lowest BCUT2D eigenvalue weighted by molar-refractivity contribution is 0.0607. The summed E-state index contributed by atoms with van der Waals surface area (Å²) < 4.78 is 4.70. The van der Waals surface area contributed by atoms with Crippen LogP contribution >= 0.6 is 11.3 Å². The number of rotatable bonds is 5. The van der Waals surface area contributed by atoms with E-state index in [2.05, 4.69) is 20.5 Å². The maximum Gasteiger partial charge on any atom is 0.350 e. The topological polar surface area (TPSA) is 97.0 Å². The minimum Gasteiger partial charge on any atom is -0.465 e. The number of hydrogen-bond donors (Lipinski definition) is 2. The van der Waals surface area contributed by atoms with Gasteiger partial charge in [0.2, 0.25) is 5.82 Å². The fraction of sp³-hybridized carbons (Fsp3) is 0.385. The van der Waals surface area contributed by atoms with E-state index in [1.807, 2.05) is 6.92 Å². The third-order valence-electron chi connectivity index (χ3n) is 2.81. The van der Waals surface area contributed by atoms with Crippen molar-refractivity contribution in [1.29, 1.82) is 0 Å². The van der Waals surface area contributed by atoms with Gasteiger partial charge in [-0.15, -0.1) is 16.4 Å². The van der Waals surface area contributed by atoms with Crippen molar-refractivity contribution < 1.29 is 14.3 Å². The number of aromatic amines is 1. The van der Waals surface area contributed by atoms with Crippen molar-refractivity contribution in [1.82, 2.24) is 15.2 Å². The molecular formula is C13H16N4O3S. The number of amides is 1. The molecule has 2 N–H and O–H groups in total. The molecule has 21 heavy (non-hydrogen) atoms. The van der Waals surface area contributed by atoms with Gasteiger partial charge in [0.1, 0.15) is 10.7 Å². The van der Waals surface area contributed by atoms with Crippen LogP contribution in [0.2, 0.25) is 0 Å². The van der Waals surface area contributed by atoms with Crippen LogP contribution in [0.1, 0.15) is 45.0 Å². The number of methoxy groups -OCH3 is 1. The smallest absolute Gasteiger partial charge is 0.350 e. The van der Waals surface area contributed by atoms with Crippen molar-refractivity contribution in [2.75, 3.05) is 12.4 Å². The van der Waals surface area contributed by atoms with Crippen molar-refractivity contribution in [3.63, 3.8) is 0 Å². The Kier molecular flexibility index (Phi) is 4.69. The number of esters is 1. The highest BCUT2D eigenvalue weighted by molar-refractivity contribution is 7.12. The molecule has 0 unspecified atom stereocenters. The third-order valence-corrected chi connectivity index (χ3v) is 3.88. The van der Waals surface area contributed by atoms with Crippen LogP contribution in [-0.2, 0) is 11.2 Å². The summed E-state index contributed by atoms with van der Waals surface area (Å²) in [6.45, 7) is 3.82. The molecule has 0 fully saturated rings. The van der Waals surface area contributed by atoms with Crippen molar-refractivity contribution in [3.8, 4) is 0 Å². The van der Waals surface area contributed by atoms with E-state index in [1.165, 1.54) is 18.4 Å². The van der Waals surface area contributed by atoms with E-state index < -0.39 is 11.9 Å². The Hall–Kier alpha value is -2.22. The predicted molar refractivity (Wildman–Crippen MR) is 78.7 cm³/mol. The molecule has 0 aliphatic carbocycles. The zero-order valence-electron chi connectivity index (χ0n) is 12.0. The Morgan fingerprint density at radius 1 is 1.48 bits per heavy atom. The first-order chi connectivity index (χ1) is 10.1. The van der Waals surface area contributed by atoms with Crippen LogP contribution in [0, 0.1) is 6.92 Å². The summed E-state index contributed by atoms with van der Waals surface area (Å²) >= 11 is 1.22.